The molecule has 0 aliphatic rings. The Bertz CT molecular complexity index is 715. The lowest BCUT2D eigenvalue weighted by molar-refractivity contribution is -0.394. The van der Waals surface area contributed by atoms with Crippen molar-refractivity contribution in [1.29, 1.82) is 0 Å². The third-order valence-corrected chi connectivity index (χ3v) is 11.5. The van der Waals surface area contributed by atoms with Gasteiger partial charge in [-0.1, -0.05) is 34.6 Å². The van der Waals surface area contributed by atoms with Crippen molar-refractivity contribution in [3.63, 3.8) is 0 Å². The maximum atomic E-state index is 11.5. The average Bonchev–Trinajstić information content (AvgIpc) is 2.66. The largest absolute Gasteiger partial charge is 0.416 e. The summed E-state index contributed by atoms with van der Waals surface area (Å²) in [6.07, 6.45) is 2.24. The summed E-state index contributed by atoms with van der Waals surface area (Å²) in [6, 6.07) is 4.59. The lowest BCUT2D eigenvalue weighted by Crippen LogP contribution is -2.44. The average molecular weight is 425 g/mol. The Kier molecular flexibility index (Phi) is 9.58. The van der Waals surface area contributed by atoms with Gasteiger partial charge in [0.15, 0.2) is 8.32 Å². The minimum atomic E-state index is -1.86. The quantitative estimate of drug-likeness (QED) is 0.137. The summed E-state index contributed by atoms with van der Waals surface area (Å²) in [5.74, 6) is -0.394. The van der Waals surface area contributed by atoms with E-state index in [2.05, 4.69) is 34.6 Å². The molecule has 1 rings (SSSR count). The van der Waals surface area contributed by atoms with E-state index >= 15 is 0 Å². The van der Waals surface area contributed by atoms with Crippen molar-refractivity contribution >= 4 is 26.0 Å². The van der Waals surface area contributed by atoms with Crippen LogP contribution < -0.4 is 0 Å². The van der Waals surface area contributed by atoms with Crippen LogP contribution in [0.1, 0.15) is 53.0 Å². The molecule has 1 atom stereocenters. The van der Waals surface area contributed by atoms with Crippen molar-refractivity contribution < 1.29 is 19.1 Å². The second-order valence-corrected chi connectivity index (χ2v) is 13.3. The van der Waals surface area contributed by atoms with Crippen LogP contribution in [0.15, 0.2) is 18.2 Å². The summed E-state index contributed by atoms with van der Waals surface area (Å²) in [4.78, 5) is 32.3. The van der Waals surface area contributed by atoms with Crippen LogP contribution in [0.25, 0.3) is 0 Å². The number of nitro benzene ring substituents is 2. The Hall–Kier alpha value is -2.13. The van der Waals surface area contributed by atoms with Gasteiger partial charge in [-0.25, -0.2) is 0 Å². The zero-order chi connectivity index (χ0) is 22.2. The first kappa shape index (κ1) is 24.9. The molecule has 0 N–H and O–H groups in total. The van der Waals surface area contributed by atoms with Crippen molar-refractivity contribution in [3.8, 4) is 0 Å². The summed E-state index contributed by atoms with van der Waals surface area (Å²) >= 11 is 0. The monoisotopic (exact) mass is 424 g/mol. The van der Waals surface area contributed by atoms with Gasteiger partial charge in [0.2, 0.25) is 0 Å². The van der Waals surface area contributed by atoms with Crippen LogP contribution >= 0.6 is 0 Å². The molecular formula is C20H32N2O6Si. The van der Waals surface area contributed by atoms with E-state index < -0.39 is 24.1 Å². The smallest absolute Gasteiger partial charge is 0.279 e. The number of aldehydes is 1. The predicted molar refractivity (Wildman–Crippen MR) is 115 cm³/mol. The zero-order valence-electron chi connectivity index (χ0n) is 17.9. The number of carbonyl (C=O) groups excluding carboxylic acids is 1. The maximum absolute atomic E-state index is 11.5. The first-order valence-corrected chi connectivity index (χ1v) is 12.4. The van der Waals surface area contributed by atoms with Gasteiger partial charge in [-0.15, -0.1) is 0 Å². The Balaban J connectivity index is 2.78. The number of nitrogens with zero attached hydrogens (tertiary/aromatic N) is 2. The molecule has 162 valence electrons. The summed E-state index contributed by atoms with van der Waals surface area (Å²) in [7, 11) is -1.86. The molecule has 0 aromatic heterocycles. The molecule has 0 amide bonds. The minimum Gasteiger partial charge on any atom is -0.416 e. The molecule has 9 heteroatoms. The highest BCUT2D eigenvalue weighted by Crippen LogP contribution is 2.37. The van der Waals surface area contributed by atoms with Crippen molar-refractivity contribution in [2.45, 2.75) is 71.0 Å². The van der Waals surface area contributed by atoms with Gasteiger partial charge in [0.25, 0.3) is 11.4 Å². The topological polar surface area (TPSA) is 113 Å². The van der Waals surface area contributed by atoms with Crippen LogP contribution in [-0.2, 0) is 15.6 Å². The first-order valence-electron chi connectivity index (χ1n) is 10.1. The third kappa shape index (κ3) is 6.43. The number of hydrogen-bond acceptors (Lipinski definition) is 6. The highest BCUT2D eigenvalue weighted by molar-refractivity contribution is 6.76. The maximum Gasteiger partial charge on any atom is 0.279 e. The van der Waals surface area contributed by atoms with Crippen LogP contribution in [0.3, 0.4) is 0 Å². The molecule has 0 radical (unpaired) electrons. The van der Waals surface area contributed by atoms with Gasteiger partial charge in [-0.05, 0) is 42.5 Å². The third-order valence-electron chi connectivity index (χ3n) is 5.75. The molecule has 1 aromatic rings. The van der Waals surface area contributed by atoms with E-state index in [9.17, 15) is 25.0 Å². The lowest BCUT2D eigenvalue weighted by Gasteiger charge is -2.38. The van der Waals surface area contributed by atoms with Crippen LogP contribution in [-0.4, -0.2) is 31.1 Å². The second kappa shape index (κ2) is 11.2. The minimum absolute atomic E-state index is 0.183. The van der Waals surface area contributed by atoms with E-state index in [0.29, 0.717) is 36.1 Å². The molecule has 29 heavy (non-hydrogen) atoms. The fraction of sp³-hybridized carbons (Fsp3) is 0.650. The molecule has 0 spiro atoms. The van der Waals surface area contributed by atoms with Gasteiger partial charge in [-0.3, -0.25) is 20.2 Å². The molecular weight excluding hydrogens is 392 g/mol. The Morgan fingerprint density at radius 3 is 2.17 bits per heavy atom. The van der Waals surface area contributed by atoms with Crippen LogP contribution in [0.5, 0.6) is 0 Å². The van der Waals surface area contributed by atoms with E-state index in [1.54, 1.807) is 0 Å². The van der Waals surface area contributed by atoms with Crippen molar-refractivity contribution in [2.75, 3.05) is 6.61 Å². The lowest BCUT2D eigenvalue weighted by atomic mass is 9.95. The van der Waals surface area contributed by atoms with E-state index in [1.807, 2.05) is 0 Å². The van der Waals surface area contributed by atoms with E-state index in [-0.39, 0.29) is 17.8 Å². The Morgan fingerprint density at radius 2 is 1.72 bits per heavy atom. The van der Waals surface area contributed by atoms with Gasteiger partial charge >= 0.3 is 0 Å². The SMILES string of the molecule is CC[Si](OCCC[C@@H](C=O)Cc1ccc([N+](=O)[O-])cc1[N+](=O)[O-])(C(C)C)C(C)C. The standard InChI is InChI=1S/C20H32N2O6Si/c1-6-29(15(2)3,16(4)5)28-11-7-8-17(14-23)12-18-9-10-19(21(24)25)13-20(18)22(26)27/h9-10,13-17H,6-8,11-12H2,1-5H3/t17-/m1/s1. The van der Waals surface area contributed by atoms with E-state index in [0.717, 1.165) is 18.4 Å². The van der Waals surface area contributed by atoms with Gasteiger partial charge in [0.05, 0.1) is 15.9 Å². The van der Waals surface area contributed by atoms with Crippen molar-refractivity contribution in [3.05, 3.63) is 44.0 Å². The van der Waals surface area contributed by atoms with Crippen LogP contribution in [0, 0.1) is 26.1 Å². The summed E-state index contributed by atoms with van der Waals surface area (Å²) in [5.41, 5.74) is 0.675. The number of nitro groups is 2. The summed E-state index contributed by atoms with van der Waals surface area (Å²) in [6.45, 7) is 11.6. The molecule has 0 fully saturated rings. The van der Waals surface area contributed by atoms with Gasteiger partial charge < -0.3 is 9.22 Å². The van der Waals surface area contributed by atoms with E-state index in [4.69, 9.17) is 4.43 Å². The number of non-ortho nitro benzene ring substituents is 1. The molecule has 0 saturated carbocycles. The summed E-state index contributed by atoms with van der Waals surface area (Å²) in [5, 5.41) is 22.1. The first-order chi connectivity index (χ1) is 13.6. The normalized spacial score (nSPS) is 12.9. The molecule has 0 heterocycles. The van der Waals surface area contributed by atoms with E-state index in [1.165, 1.54) is 12.1 Å². The second-order valence-electron chi connectivity index (χ2n) is 8.04. The highest BCUT2D eigenvalue weighted by Gasteiger charge is 2.40. The molecule has 8 nitrogen and oxygen atoms in total. The number of hydrogen-bond donors (Lipinski definition) is 0. The molecule has 0 aliphatic carbocycles. The number of carbonyl (C=O) groups is 1. The Morgan fingerprint density at radius 1 is 1.10 bits per heavy atom. The fourth-order valence-electron chi connectivity index (χ4n) is 4.04. The van der Waals surface area contributed by atoms with Crippen molar-refractivity contribution in [2.24, 2.45) is 5.92 Å². The predicted octanol–water partition coefficient (Wildman–Crippen LogP) is 5.44. The molecule has 0 saturated heterocycles. The van der Waals surface area contributed by atoms with Gasteiger partial charge in [-0.2, -0.15) is 0 Å². The van der Waals surface area contributed by atoms with Gasteiger partial charge in [0.1, 0.15) is 6.29 Å². The van der Waals surface area contributed by atoms with Crippen molar-refractivity contribution in [1.82, 2.24) is 0 Å². The number of rotatable bonds is 13. The van der Waals surface area contributed by atoms with Gasteiger partial charge in [0, 0.05) is 24.2 Å². The highest BCUT2D eigenvalue weighted by atomic mass is 28.4. The molecule has 0 bridgehead atoms. The number of benzene rings is 1. The molecule has 0 aliphatic heterocycles. The molecule has 0 unspecified atom stereocenters. The summed E-state index contributed by atoms with van der Waals surface area (Å²) < 4.78 is 6.39. The fourth-order valence-corrected chi connectivity index (χ4v) is 8.40. The Labute approximate surface area is 173 Å². The van der Waals surface area contributed by atoms with Crippen LogP contribution in [0.4, 0.5) is 11.4 Å². The zero-order valence-corrected chi connectivity index (χ0v) is 18.9. The van der Waals surface area contributed by atoms with Crippen LogP contribution in [0.2, 0.25) is 17.1 Å². The molecule has 1 aromatic carbocycles.